The maximum atomic E-state index is 14.8. The van der Waals surface area contributed by atoms with E-state index < -0.39 is 17.5 Å². The summed E-state index contributed by atoms with van der Waals surface area (Å²) in [6.07, 6.45) is 1.61. The number of anilines is 2. The fourth-order valence-corrected chi connectivity index (χ4v) is 5.18. The van der Waals surface area contributed by atoms with E-state index in [0.29, 0.717) is 57.8 Å². The molecular weight excluding hydrogens is 586 g/mol. The molecular formula is C32H31ClF2N8O. The molecule has 226 valence electrons. The van der Waals surface area contributed by atoms with Crippen LogP contribution in [0.5, 0.6) is 0 Å². The number of carbonyl (C=O) groups excluding carboxylic acids is 1. The molecule has 3 heterocycles. The molecule has 0 saturated carbocycles. The third-order valence-electron chi connectivity index (χ3n) is 7.49. The van der Waals surface area contributed by atoms with Gasteiger partial charge in [-0.2, -0.15) is 0 Å². The predicted molar refractivity (Wildman–Crippen MR) is 169 cm³/mol. The summed E-state index contributed by atoms with van der Waals surface area (Å²) in [4.78, 5) is 30.5. The lowest BCUT2D eigenvalue weighted by Crippen LogP contribution is -2.62. The summed E-state index contributed by atoms with van der Waals surface area (Å²) < 4.78 is 29.7. The van der Waals surface area contributed by atoms with Gasteiger partial charge in [-0.1, -0.05) is 37.2 Å². The van der Waals surface area contributed by atoms with Gasteiger partial charge >= 0.3 is 0 Å². The Labute approximate surface area is 259 Å². The second kappa shape index (κ2) is 12.5. The molecule has 1 saturated heterocycles. The van der Waals surface area contributed by atoms with Gasteiger partial charge in [0.05, 0.1) is 23.5 Å². The number of benzene rings is 3. The number of rotatable bonds is 5. The molecule has 0 bridgehead atoms. The van der Waals surface area contributed by atoms with Gasteiger partial charge in [0.2, 0.25) is 5.95 Å². The second-order valence-corrected chi connectivity index (χ2v) is 11.0. The molecule has 44 heavy (non-hydrogen) atoms. The highest BCUT2D eigenvalue weighted by molar-refractivity contribution is 6.31. The van der Waals surface area contributed by atoms with E-state index in [1.54, 1.807) is 53.6 Å². The number of aliphatic imine (C=N–C) groups is 1. The third kappa shape index (κ3) is 6.01. The first-order valence-corrected chi connectivity index (χ1v) is 13.9. The van der Waals surface area contributed by atoms with Crippen LogP contribution >= 0.6 is 11.6 Å². The van der Waals surface area contributed by atoms with E-state index in [2.05, 4.69) is 25.5 Å². The van der Waals surface area contributed by atoms with Gasteiger partial charge in [-0.25, -0.2) is 18.7 Å². The molecule has 2 aliphatic rings. The number of hydrogen-bond donors (Lipinski definition) is 3. The summed E-state index contributed by atoms with van der Waals surface area (Å²) in [5.74, 6) is -1.55. The molecule has 0 spiro atoms. The number of aromatic nitrogens is 2. The fraction of sp³-hybridized carbons (Fsp3) is 0.219. The van der Waals surface area contributed by atoms with Crippen LogP contribution in [-0.4, -0.2) is 70.6 Å². The van der Waals surface area contributed by atoms with Crippen LogP contribution in [0.4, 0.5) is 20.4 Å². The van der Waals surface area contributed by atoms with E-state index >= 15 is 0 Å². The fourth-order valence-electron chi connectivity index (χ4n) is 5.01. The quantitative estimate of drug-likeness (QED) is 0.196. The van der Waals surface area contributed by atoms with Crippen molar-refractivity contribution in [3.63, 3.8) is 0 Å². The molecule has 3 aromatic carbocycles. The van der Waals surface area contributed by atoms with Crippen LogP contribution in [0.3, 0.4) is 0 Å². The van der Waals surface area contributed by atoms with Crippen LogP contribution in [-0.2, 0) is 6.54 Å². The Morgan fingerprint density at radius 2 is 1.77 bits per heavy atom. The third-order valence-corrected chi connectivity index (χ3v) is 7.72. The first-order chi connectivity index (χ1) is 20.7. The number of likely N-dealkylation sites (N-methyl/N-ethyl adjacent to an activating group) is 1. The molecule has 9 nitrogen and oxygen atoms in total. The van der Waals surface area contributed by atoms with Crippen LogP contribution in [0.15, 0.2) is 71.9 Å². The van der Waals surface area contributed by atoms with Crippen molar-refractivity contribution in [1.29, 1.82) is 5.41 Å². The van der Waals surface area contributed by atoms with E-state index in [4.69, 9.17) is 22.0 Å². The first kappa shape index (κ1) is 30.7. The molecule has 0 radical (unpaired) electrons. The van der Waals surface area contributed by atoms with E-state index in [9.17, 15) is 13.6 Å². The lowest BCUT2D eigenvalue weighted by Gasteiger charge is -2.43. The van der Waals surface area contributed by atoms with Crippen molar-refractivity contribution >= 4 is 40.8 Å². The van der Waals surface area contributed by atoms with E-state index in [0.717, 1.165) is 0 Å². The van der Waals surface area contributed by atoms with Gasteiger partial charge in [0.15, 0.2) is 5.96 Å². The number of carbonyl (C=O) groups is 1. The Morgan fingerprint density at radius 1 is 1.05 bits per heavy atom. The maximum Gasteiger partial charge on any atom is 0.258 e. The molecule has 6 rings (SSSR count). The van der Waals surface area contributed by atoms with Crippen molar-refractivity contribution in [3.05, 3.63) is 106 Å². The first-order valence-electron chi connectivity index (χ1n) is 13.5. The Balaban J connectivity index is 0.00000384. The molecule has 1 aromatic heterocycles. The van der Waals surface area contributed by atoms with Gasteiger partial charge in [-0.3, -0.25) is 20.5 Å². The minimum atomic E-state index is -0.731. The van der Waals surface area contributed by atoms with Crippen LogP contribution < -0.4 is 10.6 Å². The normalized spacial score (nSPS) is 14.0. The molecule has 12 heteroatoms. The largest absolute Gasteiger partial charge is 0.340 e. The Morgan fingerprint density at radius 3 is 2.50 bits per heavy atom. The van der Waals surface area contributed by atoms with Gasteiger partial charge in [0.25, 0.3) is 5.91 Å². The summed E-state index contributed by atoms with van der Waals surface area (Å²) in [7, 11) is 3.98. The number of nitrogens with one attached hydrogen (secondary N) is 3. The van der Waals surface area contributed by atoms with Crippen molar-refractivity contribution < 1.29 is 13.6 Å². The maximum absolute atomic E-state index is 14.8. The SMILES string of the molecule is C.CN(C)C1CN(C(=N)NC(=O)c2cccc(Nc3ncc4c(n3)-c3ccc(Cl)cc3C(c3c(F)cccc3F)=NC4)c2)C1. The van der Waals surface area contributed by atoms with Crippen LogP contribution in [0.1, 0.15) is 34.5 Å². The van der Waals surface area contributed by atoms with Crippen LogP contribution in [0.2, 0.25) is 5.02 Å². The molecule has 3 N–H and O–H groups in total. The summed E-state index contributed by atoms with van der Waals surface area (Å²) in [6.45, 7) is 1.46. The second-order valence-electron chi connectivity index (χ2n) is 10.5. The van der Waals surface area contributed by atoms with Gasteiger partial charge in [-0.15, -0.1) is 0 Å². The number of likely N-dealkylation sites (tertiary alicyclic amines) is 1. The van der Waals surface area contributed by atoms with Gasteiger partial charge < -0.3 is 15.1 Å². The average Bonchev–Trinajstić information content (AvgIpc) is 3.08. The number of halogens is 3. The highest BCUT2D eigenvalue weighted by Gasteiger charge is 2.31. The smallest absolute Gasteiger partial charge is 0.258 e. The standard InChI is InChI=1S/C31H27ClF2N8O.CH4/c1-41(2)21-15-42(16-21)30(35)40-29(43)17-5-3-6-20(11-17)38-31-37-14-18-13-36-28(26-24(33)7-4-8-25(26)34)23-12-19(32)9-10-22(23)27(18)39-31;/h3-12,14,21H,13,15-16H2,1-2H3,(H2,35,40,43)(H,37,38,39);1H4. The molecule has 4 aromatic rings. The summed E-state index contributed by atoms with van der Waals surface area (Å²) >= 11 is 6.31. The van der Waals surface area contributed by atoms with Crippen LogP contribution in [0, 0.1) is 17.0 Å². The zero-order chi connectivity index (χ0) is 30.2. The lowest BCUT2D eigenvalue weighted by molar-refractivity contribution is 0.0942. The Hall–Kier alpha value is -4.74. The Kier molecular flexibility index (Phi) is 8.70. The molecule has 0 aliphatic carbocycles. The number of guanidine groups is 1. The highest BCUT2D eigenvalue weighted by atomic mass is 35.5. The van der Waals surface area contributed by atoms with E-state index in [-0.39, 0.29) is 37.2 Å². The van der Waals surface area contributed by atoms with Crippen molar-refractivity contribution in [2.45, 2.75) is 20.0 Å². The summed E-state index contributed by atoms with van der Waals surface area (Å²) in [5.41, 5.74) is 3.06. The van der Waals surface area contributed by atoms with Gasteiger partial charge in [0.1, 0.15) is 11.6 Å². The van der Waals surface area contributed by atoms with Gasteiger partial charge in [0, 0.05) is 58.3 Å². The monoisotopic (exact) mass is 616 g/mol. The number of nitrogens with zero attached hydrogens (tertiary/aromatic N) is 5. The molecule has 0 unspecified atom stereocenters. The molecule has 2 aliphatic heterocycles. The predicted octanol–water partition coefficient (Wildman–Crippen LogP) is 5.72. The van der Waals surface area contributed by atoms with Gasteiger partial charge in [-0.05, 0) is 56.6 Å². The van der Waals surface area contributed by atoms with Crippen LogP contribution in [0.25, 0.3) is 11.3 Å². The van der Waals surface area contributed by atoms with E-state index in [1.807, 2.05) is 14.1 Å². The van der Waals surface area contributed by atoms with E-state index in [1.165, 1.54) is 18.2 Å². The molecule has 1 fully saturated rings. The van der Waals surface area contributed by atoms with Crippen molar-refractivity contribution in [2.24, 2.45) is 4.99 Å². The zero-order valence-electron chi connectivity index (χ0n) is 23.3. The number of hydrogen-bond acceptors (Lipinski definition) is 7. The molecule has 0 atom stereocenters. The van der Waals surface area contributed by atoms with Crippen molar-refractivity contribution in [1.82, 2.24) is 25.1 Å². The molecule has 1 amide bonds. The highest BCUT2D eigenvalue weighted by Crippen LogP contribution is 2.34. The zero-order valence-corrected chi connectivity index (χ0v) is 24.1. The minimum Gasteiger partial charge on any atom is -0.340 e. The minimum absolute atomic E-state index is 0. The van der Waals surface area contributed by atoms with Crippen molar-refractivity contribution in [3.8, 4) is 11.3 Å². The number of fused-ring (bicyclic) bond motifs is 3. The summed E-state index contributed by atoms with van der Waals surface area (Å²) in [6, 6.07) is 15.9. The van der Waals surface area contributed by atoms with Crippen molar-refractivity contribution in [2.75, 3.05) is 32.5 Å². The number of amides is 1. The summed E-state index contributed by atoms with van der Waals surface area (Å²) in [5, 5.41) is 14.4. The Bertz CT molecular complexity index is 1770. The lowest BCUT2D eigenvalue weighted by atomic mass is 9.95. The topological polar surface area (TPSA) is 110 Å². The average molecular weight is 617 g/mol.